The third-order valence-corrected chi connectivity index (χ3v) is 7.12. The van der Waals surface area contributed by atoms with Gasteiger partial charge in [0.15, 0.2) is 5.25 Å². The van der Waals surface area contributed by atoms with E-state index in [2.05, 4.69) is 9.73 Å². The second-order valence-electron chi connectivity index (χ2n) is 8.59. The van der Waals surface area contributed by atoms with Crippen LogP contribution in [0.25, 0.3) is 0 Å². The van der Waals surface area contributed by atoms with Crippen LogP contribution in [0.4, 0.5) is 13.2 Å². The average molecular weight is 513 g/mol. The van der Waals surface area contributed by atoms with Crippen molar-refractivity contribution in [3.05, 3.63) is 60.2 Å². The van der Waals surface area contributed by atoms with Gasteiger partial charge in [0.05, 0.1) is 18.5 Å². The maximum absolute atomic E-state index is 13.3. The highest BCUT2D eigenvalue weighted by Crippen LogP contribution is 2.38. The van der Waals surface area contributed by atoms with Gasteiger partial charge in [-0.25, -0.2) is 12.7 Å². The number of carbonyl (C=O) groups excluding carboxylic acids is 2. The van der Waals surface area contributed by atoms with Gasteiger partial charge in [0.25, 0.3) is 15.9 Å². The molecule has 1 amide bonds. The number of alkyl halides is 3. The van der Waals surface area contributed by atoms with Crippen molar-refractivity contribution in [3.8, 4) is 11.5 Å². The monoisotopic (exact) mass is 512 g/mol. The molecular formula is C23H23F3N2O6S. The quantitative estimate of drug-likeness (QED) is 0.428. The molecule has 1 unspecified atom stereocenters. The van der Waals surface area contributed by atoms with E-state index in [0.29, 0.717) is 5.56 Å². The number of benzene rings is 2. The molecule has 0 N–H and O–H groups in total. The Hall–Kier alpha value is -3.41. The third-order valence-electron chi connectivity index (χ3n) is 4.80. The molecule has 0 radical (unpaired) electrons. The summed E-state index contributed by atoms with van der Waals surface area (Å²) in [7, 11) is -4.11. The molecule has 35 heavy (non-hydrogen) atoms. The number of ether oxygens (including phenoxy) is 2. The van der Waals surface area contributed by atoms with E-state index in [4.69, 9.17) is 4.74 Å². The molecule has 1 saturated heterocycles. The van der Waals surface area contributed by atoms with E-state index in [1.54, 1.807) is 51.1 Å². The van der Waals surface area contributed by atoms with Gasteiger partial charge in [-0.15, -0.1) is 13.2 Å². The Balaban J connectivity index is 1.75. The van der Waals surface area contributed by atoms with Crippen LogP contribution in [0.3, 0.4) is 0 Å². The second-order valence-corrected chi connectivity index (χ2v) is 10.5. The lowest BCUT2D eigenvalue weighted by Gasteiger charge is -2.30. The molecule has 3 rings (SSSR count). The molecule has 2 aromatic rings. The zero-order valence-corrected chi connectivity index (χ0v) is 19.9. The largest absolute Gasteiger partial charge is 0.573 e. The number of carbonyl (C=O) groups is 2. The summed E-state index contributed by atoms with van der Waals surface area (Å²) < 4.78 is 72.8. The lowest BCUT2D eigenvalue weighted by Crippen LogP contribution is -2.45. The molecule has 0 spiro atoms. The van der Waals surface area contributed by atoms with Crippen LogP contribution in [-0.4, -0.2) is 48.8 Å². The predicted octanol–water partition coefficient (Wildman–Crippen LogP) is 4.03. The van der Waals surface area contributed by atoms with Gasteiger partial charge in [0, 0.05) is 0 Å². The van der Waals surface area contributed by atoms with E-state index in [1.807, 2.05) is 0 Å². The molecule has 1 heterocycles. The van der Waals surface area contributed by atoms with Crippen LogP contribution in [0, 0.1) is 0 Å². The number of esters is 1. The van der Waals surface area contributed by atoms with Gasteiger partial charge >= 0.3 is 12.3 Å². The van der Waals surface area contributed by atoms with Crippen molar-refractivity contribution in [2.75, 3.05) is 6.54 Å². The average Bonchev–Trinajstić information content (AvgIpc) is 2.93. The normalized spacial score (nSPS) is 19.1. The first-order chi connectivity index (χ1) is 16.2. The molecule has 1 fully saturated rings. The minimum Gasteiger partial charge on any atom is -0.426 e. The Bertz CT molecular complexity index is 1220. The molecule has 188 valence electrons. The maximum atomic E-state index is 13.3. The van der Waals surface area contributed by atoms with Crippen LogP contribution in [-0.2, 0) is 19.6 Å². The Morgan fingerprint density at radius 2 is 1.57 bits per heavy atom. The molecule has 8 nitrogen and oxygen atoms in total. The Morgan fingerprint density at radius 1 is 1.00 bits per heavy atom. The standard InChI is InChI=1S/C23H23F3N2O6S/c1-22(2,3)28-21(30)19(20(35(28,31)32)15-7-5-4-6-8-15)27-14-13-18(29)33-16-9-11-17(12-10-16)34-23(24,25)26/h4-12,20H,13-14H2,1-3H3. The molecular weight excluding hydrogens is 489 g/mol. The maximum Gasteiger partial charge on any atom is 0.573 e. The van der Waals surface area contributed by atoms with Crippen LogP contribution in [0.15, 0.2) is 59.6 Å². The van der Waals surface area contributed by atoms with Crippen molar-refractivity contribution in [2.45, 2.75) is 44.3 Å². The SMILES string of the molecule is CC(C)(C)N1C(=O)C(=NCCC(=O)Oc2ccc(OC(F)(F)F)cc2)C(c2ccccc2)S1(=O)=O. The zero-order valence-electron chi connectivity index (χ0n) is 19.1. The van der Waals surface area contributed by atoms with Gasteiger partial charge in [-0.1, -0.05) is 30.3 Å². The van der Waals surface area contributed by atoms with Crippen LogP contribution in [0.5, 0.6) is 11.5 Å². The van der Waals surface area contributed by atoms with Crippen molar-refractivity contribution >= 4 is 27.6 Å². The van der Waals surface area contributed by atoms with E-state index >= 15 is 0 Å². The molecule has 0 aromatic heterocycles. The van der Waals surface area contributed by atoms with Crippen molar-refractivity contribution in [1.29, 1.82) is 0 Å². The second kappa shape index (κ2) is 9.68. The Morgan fingerprint density at radius 3 is 2.11 bits per heavy atom. The van der Waals surface area contributed by atoms with Crippen LogP contribution in [0.2, 0.25) is 0 Å². The number of halogens is 3. The summed E-state index contributed by atoms with van der Waals surface area (Å²) in [5.41, 5.74) is -0.858. The van der Waals surface area contributed by atoms with Gasteiger partial charge < -0.3 is 9.47 Å². The van der Waals surface area contributed by atoms with Gasteiger partial charge in [-0.3, -0.25) is 14.6 Å². The fraction of sp³-hybridized carbons (Fsp3) is 0.348. The van der Waals surface area contributed by atoms with E-state index in [9.17, 15) is 31.2 Å². The van der Waals surface area contributed by atoms with Crippen LogP contribution >= 0.6 is 0 Å². The van der Waals surface area contributed by atoms with E-state index in [1.165, 1.54) is 0 Å². The summed E-state index contributed by atoms with van der Waals surface area (Å²) in [6.45, 7) is 4.55. The minimum atomic E-state index is -4.84. The first-order valence-corrected chi connectivity index (χ1v) is 11.9. The van der Waals surface area contributed by atoms with Crippen molar-refractivity contribution < 1.29 is 40.7 Å². The fourth-order valence-corrected chi connectivity index (χ4v) is 5.79. The number of amides is 1. The van der Waals surface area contributed by atoms with E-state index in [-0.39, 0.29) is 24.4 Å². The first-order valence-electron chi connectivity index (χ1n) is 10.4. The molecule has 0 aliphatic carbocycles. The van der Waals surface area contributed by atoms with Gasteiger partial charge in [-0.05, 0) is 50.6 Å². The fourth-order valence-electron chi connectivity index (χ4n) is 3.53. The Kier molecular flexibility index (Phi) is 7.25. The molecule has 2 aromatic carbocycles. The first kappa shape index (κ1) is 26.2. The zero-order chi connectivity index (χ0) is 26.0. The van der Waals surface area contributed by atoms with Gasteiger partial charge in [0.2, 0.25) is 0 Å². The van der Waals surface area contributed by atoms with E-state index in [0.717, 1.165) is 28.6 Å². The summed E-state index contributed by atoms with van der Waals surface area (Å²) in [6, 6.07) is 12.4. The minimum absolute atomic E-state index is 0.0160. The van der Waals surface area contributed by atoms with Crippen LogP contribution < -0.4 is 9.47 Å². The molecule has 1 atom stereocenters. The Labute approximate surface area is 200 Å². The van der Waals surface area contributed by atoms with Gasteiger partial charge in [0.1, 0.15) is 17.2 Å². The summed E-state index contributed by atoms with van der Waals surface area (Å²) in [4.78, 5) is 29.4. The number of nitrogens with zero attached hydrogens (tertiary/aromatic N) is 2. The highest BCUT2D eigenvalue weighted by molar-refractivity contribution is 7.91. The molecule has 0 bridgehead atoms. The topological polar surface area (TPSA) is 102 Å². The number of rotatable bonds is 6. The highest BCUT2D eigenvalue weighted by atomic mass is 32.2. The van der Waals surface area contributed by atoms with Crippen molar-refractivity contribution in [2.24, 2.45) is 4.99 Å². The number of sulfonamides is 1. The molecule has 12 heteroatoms. The van der Waals surface area contributed by atoms with E-state index < -0.39 is 44.8 Å². The number of hydrogen-bond acceptors (Lipinski definition) is 7. The number of aliphatic imine (C=N–C) groups is 1. The lowest BCUT2D eigenvalue weighted by molar-refractivity contribution is -0.274. The number of hydrogen-bond donors (Lipinski definition) is 0. The molecule has 1 aliphatic heterocycles. The molecule has 1 aliphatic rings. The summed E-state index contributed by atoms with van der Waals surface area (Å²) in [5, 5.41) is -1.31. The van der Waals surface area contributed by atoms with Crippen molar-refractivity contribution in [3.63, 3.8) is 0 Å². The summed E-state index contributed by atoms with van der Waals surface area (Å²) >= 11 is 0. The van der Waals surface area contributed by atoms with Crippen molar-refractivity contribution in [1.82, 2.24) is 4.31 Å². The summed E-state index contributed by atoms with van der Waals surface area (Å²) in [6.07, 6.45) is -5.14. The lowest BCUT2D eigenvalue weighted by atomic mass is 10.1. The smallest absolute Gasteiger partial charge is 0.426 e. The highest BCUT2D eigenvalue weighted by Gasteiger charge is 2.54. The summed E-state index contributed by atoms with van der Waals surface area (Å²) in [5.74, 6) is -2.02. The van der Waals surface area contributed by atoms with Gasteiger partial charge in [-0.2, -0.15) is 0 Å². The molecule has 0 saturated carbocycles. The third kappa shape index (κ3) is 6.18. The van der Waals surface area contributed by atoms with Crippen LogP contribution in [0.1, 0.15) is 38.0 Å². The predicted molar refractivity (Wildman–Crippen MR) is 120 cm³/mol.